The first-order valence-corrected chi connectivity index (χ1v) is 15.2. The maximum atomic E-state index is 6.34. The summed E-state index contributed by atoms with van der Waals surface area (Å²) in [6.07, 6.45) is 0. The highest BCUT2D eigenvalue weighted by atomic mass is 32.1. The molecule has 44 heavy (non-hydrogen) atoms. The van der Waals surface area contributed by atoms with Crippen LogP contribution in [0.4, 0.5) is 17.1 Å². The van der Waals surface area contributed by atoms with Crippen molar-refractivity contribution in [2.45, 2.75) is 0 Å². The van der Waals surface area contributed by atoms with Crippen molar-refractivity contribution >= 4 is 70.8 Å². The molecule has 0 atom stereocenters. The second-order valence-electron chi connectivity index (χ2n) is 10.7. The predicted molar refractivity (Wildman–Crippen MR) is 180 cm³/mol. The van der Waals surface area contributed by atoms with Crippen molar-refractivity contribution in [2.75, 3.05) is 4.90 Å². The average Bonchev–Trinajstić information content (AvgIpc) is 3.80. The minimum absolute atomic E-state index is 0.542. The van der Waals surface area contributed by atoms with Crippen molar-refractivity contribution in [1.29, 1.82) is 0 Å². The molecular formula is C38H23N3O2S. The molecule has 3 aromatic heterocycles. The van der Waals surface area contributed by atoms with Crippen molar-refractivity contribution in [2.24, 2.45) is 0 Å². The van der Waals surface area contributed by atoms with E-state index >= 15 is 0 Å². The van der Waals surface area contributed by atoms with E-state index in [1.165, 1.54) is 20.2 Å². The van der Waals surface area contributed by atoms with Crippen LogP contribution < -0.4 is 4.90 Å². The zero-order valence-electron chi connectivity index (χ0n) is 23.3. The van der Waals surface area contributed by atoms with E-state index in [0.29, 0.717) is 17.4 Å². The lowest BCUT2D eigenvalue weighted by Crippen LogP contribution is -2.09. The molecule has 5 nitrogen and oxygen atoms in total. The van der Waals surface area contributed by atoms with Gasteiger partial charge in [-0.25, -0.2) is 9.97 Å². The number of aromatic nitrogens is 2. The van der Waals surface area contributed by atoms with E-state index in [9.17, 15) is 0 Å². The van der Waals surface area contributed by atoms with E-state index in [4.69, 9.17) is 18.8 Å². The molecule has 3 heterocycles. The highest BCUT2D eigenvalue weighted by molar-refractivity contribution is 7.25. The topological polar surface area (TPSA) is 55.3 Å². The van der Waals surface area contributed by atoms with E-state index in [0.717, 1.165) is 44.8 Å². The van der Waals surface area contributed by atoms with Crippen LogP contribution in [0.2, 0.25) is 0 Å². The van der Waals surface area contributed by atoms with Gasteiger partial charge in [-0.05, 0) is 78.9 Å². The van der Waals surface area contributed by atoms with Crippen molar-refractivity contribution in [3.8, 4) is 22.9 Å². The summed E-state index contributed by atoms with van der Waals surface area (Å²) in [4.78, 5) is 11.9. The number of benzene rings is 6. The van der Waals surface area contributed by atoms with Crippen LogP contribution in [-0.2, 0) is 0 Å². The first-order chi connectivity index (χ1) is 21.8. The zero-order chi connectivity index (χ0) is 29.0. The first-order valence-electron chi connectivity index (χ1n) is 14.4. The molecule has 0 N–H and O–H groups in total. The SMILES string of the molecule is c1ccc(N(c2ccccc2)c2ccc3nc(-c4ccc5oc(-c6ccc7sc8ccccc8c7c6)nc5c4)oc3c2)cc1. The number of anilines is 3. The third-order valence-corrected chi connectivity index (χ3v) is 9.07. The number of fused-ring (bicyclic) bond motifs is 5. The largest absolute Gasteiger partial charge is 0.436 e. The normalized spacial score (nSPS) is 11.6. The van der Waals surface area contributed by atoms with Gasteiger partial charge in [0.25, 0.3) is 0 Å². The summed E-state index contributed by atoms with van der Waals surface area (Å²) in [7, 11) is 0. The molecule has 208 valence electrons. The van der Waals surface area contributed by atoms with Crippen LogP contribution in [0.25, 0.3) is 65.3 Å². The number of para-hydroxylation sites is 2. The van der Waals surface area contributed by atoms with E-state index in [-0.39, 0.29) is 0 Å². The van der Waals surface area contributed by atoms with Gasteiger partial charge in [0.05, 0.1) is 0 Å². The van der Waals surface area contributed by atoms with Gasteiger partial charge in [-0.15, -0.1) is 11.3 Å². The molecule has 0 unspecified atom stereocenters. The summed E-state index contributed by atoms with van der Waals surface area (Å²) in [5.74, 6) is 1.14. The van der Waals surface area contributed by atoms with Crippen LogP contribution in [-0.4, -0.2) is 9.97 Å². The Kier molecular flexibility index (Phi) is 5.61. The molecule has 6 aromatic carbocycles. The Balaban J connectivity index is 1.08. The Labute approximate surface area is 256 Å². The summed E-state index contributed by atoms with van der Waals surface area (Å²) in [6.45, 7) is 0. The van der Waals surface area contributed by atoms with Gasteiger partial charge in [0.15, 0.2) is 11.2 Å². The van der Waals surface area contributed by atoms with Crippen LogP contribution in [0.5, 0.6) is 0 Å². The fraction of sp³-hybridized carbons (Fsp3) is 0. The van der Waals surface area contributed by atoms with Gasteiger partial charge >= 0.3 is 0 Å². The molecule has 9 aromatic rings. The summed E-state index contributed by atoms with van der Waals surface area (Å²) >= 11 is 1.80. The second kappa shape index (κ2) is 9.93. The molecule has 6 heteroatoms. The summed E-state index contributed by atoms with van der Waals surface area (Å²) in [6, 6.07) is 47.6. The van der Waals surface area contributed by atoms with Crippen LogP contribution in [0.3, 0.4) is 0 Å². The maximum Gasteiger partial charge on any atom is 0.227 e. The van der Waals surface area contributed by atoms with Crippen molar-refractivity contribution < 1.29 is 8.83 Å². The van der Waals surface area contributed by atoms with E-state index < -0.39 is 0 Å². The lowest BCUT2D eigenvalue weighted by molar-refractivity contribution is 0.618. The van der Waals surface area contributed by atoms with Gasteiger partial charge in [0.2, 0.25) is 11.8 Å². The van der Waals surface area contributed by atoms with Gasteiger partial charge in [0, 0.05) is 54.4 Å². The maximum absolute atomic E-state index is 6.34. The Hall–Kier alpha value is -5.72. The molecule has 0 spiro atoms. The number of oxazole rings is 2. The lowest BCUT2D eigenvalue weighted by atomic mass is 10.1. The summed E-state index contributed by atoms with van der Waals surface area (Å²) < 4.78 is 15.1. The fourth-order valence-corrected chi connectivity index (χ4v) is 6.91. The minimum atomic E-state index is 0.542. The quantitative estimate of drug-likeness (QED) is 0.201. The third-order valence-electron chi connectivity index (χ3n) is 7.92. The molecule has 0 aliphatic heterocycles. The third kappa shape index (κ3) is 4.15. The van der Waals surface area contributed by atoms with Crippen LogP contribution in [0.1, 0.15) is 0 Å². The molecule has 0 amide bonds. The molecular weight excluding hydrogens is 563 g/mol. The van der Waals surface area contributed by atoms with Crippen molar-refractivity contribution in [1.82, 2.24) is 9.97 Å². The number of rotatable bonds is 5. The van der Waals surface area contributed by atoms with Gasteiger partial charge in [0.1, 0.15) is 11.0 Å². The highest BCUT2D eigenvalue weighted by Gasteiger charge is 2.17. The molecule has 9 rings (SSSR count). The number of thiophene rings is 1. The molecule has 0 saturated heterocycles. The zero-order valence-corrected chi connectivity index (χ0v) is 24.2. The number of hydrogen-bond acceptors (Lipinski definition) is 6. The minimum Gasteiger partial charge on any atom is -0.436 e. The van der Waals surface area contributed by atoms with Crippen LogP contribution >= 0.6 is 11.3 Å². The van der Waals surface area contributed by atoms with Crippen molar-refractivity contribution in [3.05, 3.63) is 140 Å². The van der Waals surface area contributed by atoms with E-state index in [1.54, 1.807) is 11.3 Å². The molecule has 0 aliphatic carbocycles. The number of hydrogen-bond donors (Lipinski definition) is 0. The first kappa shape index (κ1) is 24.8. The molecule has 0 fully saturated rings. The standard InChI is InChI=1S/C38H23N3O2S/c1-3-9-26(10-4-1)41(27-11-5-2-6-12-27)28-17-18-31-34(23-28)43-38(39-31)25-15-19-33-32(22-25)40-37(42-33)24-16-20-36-30(21-24)29-13-7-8-14-35(29)44-36/h1-23H. The monoisotopic (exact) mass is 585 g/mol. The molecule has 0 aliphatic rings. The molecule has 0 bridgehead atoms. The molecule has 0 saturated carbocycles. The van der Waals surface area contributed by atoms with E-state index in [2.05, 4.69) is 77.7 Å². The van der Waals surface area contributed by atoms with E-state index in [1.807, 2.05) is 66.7 Å². The smallest absolute Gasteiger partial charge is 0.227 e. The number of nitrogens with zero attached hydrogens (tertiary/aromatic N) is 3. The fourth-order valence-electron chi connectivity index (χ4n) is 5.82. The second-order valence-corrected chi connectivity index (χ2v) is 11.8. The van der Waals surface area contributed by atoms with Crippen LogP contribution in [0.15, 0.2) is 148 Å². The van der Waals surface area contributed by atoms with Gasteiger partial charge < -0.3 is 13.7 Å². The highest BCUT2D eigenvalue weighted by Crippen LogP contribution is 2.39. The van der Waals surface area contributed by atoms with Gasteiger partial charge in [-0.3, -0.25) is 0 Å². The summed E-state index contributed by atoms with van der Waals surface area (Å²) in [5, 5.41) is 2.47. The summed E-state index contributed by atoms with van der Waals surface area (Å²) in [5.41, 5.74) is 7.91. The lowest BCUT2D eigenvalue weighted by Gasteiger charge is -2.25. The Bertz CT molecular complexity index is 2420. The predicted octanol–water partition coefficient (Wildman–Crippen LogP) is 11.1. The van der Waals surface area contributed by atoms with Crippen LogP contribution in [0, 0.1) is 0 Å². The Morgan fingerprint density at radius 3 is 1.89 bits per heavy atom. The average molecular weight is 586 g/mol. The van der Waals surface area contributed by atoms with Gasteiger partial charge in [-0.1, -0.05) is 54.6 Å². The van der Waals surface area contributed by atoms with Crippen molar-refractivity contribution in [3.63, 3.8) is 0 Å². The Morgan fingerprint density at radius 2 is 1.09 bits per heavy atom. The van der Waals surface area contributed by atoms with Gasteiger partial charge in [-0.2, -0.15) is 0 Å². The molecule has 0 radical (unpaired) electrons. The Morgan fingerprint density at radius 1 is 0.455 bits per heavy atom.